The van der Waals surface area contributed by atoms with Crippen molar-refractivity contribution < 1.29 is 13.9 Å². The van der Waals surface area contributed by atoms with Gasteiger partial charge >= 0.3 is 0 Å². The van der Waals surface area contributed by atoms with Crippen LogP contribution in [0.1, 0.15) is 18.2 Å². The summed E-state index contributed by atoms with van der Waals surface area (Å²) >= 11 is 1.14. The molecule has 5 rings (SSSR count). The van der Waals surface area contributed by atoms with E-state index >= 15 is 0 Å². The lowest BCUT2D eigenvalue weighted by Crippen LogP contribution is -2.05. The molecule has 0 spiro atoms. The van der Waals surface area contributed by atoms with Crippen molar-refractivity contribution in [3.63, 3.8) is 0 Å². The third-order valence-electron chi connectivity index (χ3n) is 4.88. The summed E-state index contributed by atoms with van der Waals surface area (Å²) in [5.74, 6) is 1.69. The molecule has 0 saturated carbocycles. The quantitative estimate of drug-likeness (QED) is 0.417. The maximum atomic E-state index is 14.8. The summed E-state index contributed by atoms with van der Waals surface area (Å²) in [6.45, 7) is 2.55. The molecule has 31 heavy (non-hydrogen) atoms. The Kier molecular flexibility index (Phi) is 5.25. The van der Waals surface area contributed by atoms with Crippen LogP contribution >= 0.6 is 11.8 Å². The molecule has 0 aliphatic carbocycles. The van der Waals surface area contributed by atoms with E-state index in [1.807, 2.05) is 60.0 Å². The van der Waals surface area contributed by atoms with Crippen molar-refractivity contribution in [3.05, 3.63) is 71.9 Å². The van der Waals surface area contributed by atoms with Gasteiger partial charge in [0.2, 0.25) is 6.79 Å². The smallest absolute Gasteiger partial charge is 0.231 e. The number of hydrogen-bond donors (Lipinski definition) is 0. The van der Waals surface area contributed by atoms with Gasteiger partial charge in [0.15, 0.2) is 28.3 Å². The van der Waals surface area contributed by atoms with Gasteiger partial charge in [-0.1, -0.05) is 43.3 Å². The Labute approximate surface area is 182 Å². The molecule has 156 valence electrons. The average molecular weight is 435 g/mol. The summed E-state index contributed by atoms with van der Waals surface area (Å²) in [7, 11) is 0. The van der Waals surface area contributed by atoms with E-state index < -0.39 is 5.82 Å². The molecular formula is C22H18FN5O2S. The molecule has 0 atom stereocenters. The Morgan fingerprint density at radius 3 is 2.71 bits per heavy atom. The zero-order chi connectivity index (χ0) is 21.2. The summed E-state index contributed by atoms with van der Waals surface area (Å²) in [5.41, 5.74) is 2.28. The van der Waals surface area contributed by atoms with Gasteiger partial charge in [0.05, 0.1) is 12.2 Å². The molecule has 1 aliphatic heterocycles. The molecule has 0 saturated heterocycles. The molecule has 4 aromatic rings. The van der Waals surface area contributed by atoms with Crippen LogP contribution in [0.25, 0.3) is 11.4 Å². The van der Waals surface area contributed by atoms with Gasteiger partial charge in [0.1, 0.15) is 11.4 Å². The van der Waals surface area contributed by atoms with Crippen molar-refractivity contribution in [2.24, 2.45) is 0 Å². The average Bonchev–Trinajstić information content (AvgIpc) is 3.43. The molecule has 0 radical (unpaired) electrons. The number of rotatable bonds is 6. The lowest BCUT2D eigenvalue weighted by atomic mass is 10.2. The molecular weight excluding hydrogens is 417 g/mol. The molecule has 7 nitrogen and oxygen atoms in total. The molecule has 2 aromatic heterocycles. The number of fused-ring (bicyclic) bond motifs is 1. The Bertz CT molecular complexity index is 1230. The predicted octanol–water partition coefficient (Wildman–Crippen LogP) is 4.36. The molecule has 1 aliphatic rings. The maximum absolute atomic E-state index is 14.8. The predicted molar refractivity (Wildman–Crippen MR) is 113 cm³/mol. The number of aromatic nitrogens is 5. The van der Waals surface area contributed by atoms with Crippen LogP contribution in [0.5, 0.6) is 11.5 Å². The van der Waals surface area contributed by atoms with Crippen LogP contribution in [0.15, 0.2) is 65.0 Å². The first-order chi connectivity index (χ1) is 15.2. The number of benzene rings is 2. The Morgan fingerprint density at radius 2 is 1.87 bits per heavy atom. The van der Waals surface area contributed by atoms with E-state index in [0.29, 0.717) is 35.4 Å². The molecule has 0 N–H and O–H groups in total. The van der Waals surface area contributed by atoms with Gasteiger partial charge in [-0.15, -0.1) is 10.2 Å². The number of hydrogen-bond acceptors (Lipinski definition) is 7. The highest BCUT2D eigenvalue weighted by Gasteiger charge is 2.20. The zero-order valence-corrected chi connectivity index (χ0v) is 17.5. The Hall–Kier alpha value is -3.46. The topological polar surface area (TPSA) is 75.0 Å². The summed E-state index contributed by atoms with van der Waals surface area (Å²) in [6.07, 6.45) is 1.86. The van der Waals surface area contributed by atoms with E-state index in [0.717, 1.165) is 28.6 Å². The van der Waals surface area contributed by atoms with Crippen molar-refractivity contribution in [1.82, 2.24) is 24.7 Å². The third-order valence-corrected chi connectivity index (χ3v) is 5.84. The highest BCUT2D eigenvalue weighted by molar-refractivity contribution is 7.99. The van der Waals surface area contributed by atoms with Crippen molar-refractivity contribution in [2.75, 3.05) is 6.79 Å². The van der Waals surface area contributed by atoms with Crippen LogP contribution in [0.4, 0.5) is 4.39 Å². The lowest BCUT2D eigenvalue weighted by molar-refractivity contribution is 0.174. The third kappa shape index (κ3) is 3.84. The fourth-order valence-corrected chi connectivity index (χ4v) is 4.14. The van der Waals surface area contributed by atoms with Crippen LogP contribution < -0.4 is 9.47 Å². The molecule has 9 heteroatoms. The highest BCUT2D eigenvalue weighted by Crippen LogP contribution is 2.35. The van der Waals surface area contributed by atoms with E-state index in [-0.39, 0.29) is 11.8 Å². The zero-order valence-electron chi connectivity index (χ0n) is 16.7. The molecule has 2 aromatic carbocycles. The number of nitrogens with zero attached hydrogens (tertiary/aromatic N) is 5. The van der Waals surface area contributed by atoms with Gasteiger partial charge in [-0.25, -0.2) is 14.4 Å². The summed E-state index contributed by atoms with van der Waals surface area (Å²) in [6, 6.07) is 15.6. The van der Waals surface area contributed by atoms with E-state index in [4.69, 9.17) is 9.47 Å². The molecule has 0 unspecified atom stereocenters. The van der Waals surface area contributed by atoms with Crippen molar-refractivity contribution in [1.29, 1.82) is 0 Å². The first-order valence-electron chi connectivity index (χ1n) is 9.77. The molecule has 0 fully saturated rings. The first kappa shape index (κ1) is 19.5. The second-order valence-electron chi connectivity index (χ2n) is 6.84. The minimum atomic E-state index is -0.422. The number of ether oxygens (including phenoxy) is 2. The number of halogens is 1. The van der Waals surface area contributed by atoms with Gasteiger partial charge in [-0.05, 0) is 35.9 Å². The standard InChI is InChI=1S/C22H18FN5O2S/c1-2-16-19(23)21(25-12-24-16)31-22-27-26-20(15-6-4-3-5-7-15)28(22)11-14-8-9-17-18(10-14)30-13-29-17/h3-10,12H,2,11,13H2,1H3. The summed E-state index contributed by atoms with van der Waals surface area (Å²) in [5, 5.41) is 9.51. The first-order valence-corrected chi connectivity index (χ1v) is 10.6. The molecule has 3 heterocycles. The van der Waals surface area contributed by atoms with Gasteiger partial charge < -0.3 is 9.47 Å². The summed E-state index contributed by atoms with van der Waals surface area (Å²) in [4.78, 5) is 8.13. The van der Waals surface area contributed by atoms with Crippen molar-refractivity contribution >= 4 is 11.8 Å². The normalized spacial score (nSPS) is 12.3. The number of aryl methyl sites for hydroxylation is 1. The summed E-state index contributed by atoms with van der Waals surface area (Å²) < 4.78 is 27.6. The van der Waals surface area contributed by atoms with Crippen molar-refractivity contribution in [2.45, 2.75) is 30.1 Å². The maximum Gasteiger partial charge on any atom is 0.231 e. The van der Waals surface area contributed by atoms with Crippen LogP contribution in [-0.2, 0) is 13.0 Å². The van der Waals surface area contributed by atoms with E-state index in [1.54, 1.807) is 0 Å². The van der Waals surface area contributed by atoms with E-state index in [2.05, 4.69) is 20.2 Å². The van der Waals surface area contributed by atoms with Gasteiger partial charge in [-0.3, -0.25) is 4.57 Å². The second kappa shape index (κ2) is 8.35. The lowest BCUT2D eigenvalue weighted by Gasteiger charge is -2.11. The van der Waals surface area contributed by atoms with Gasteiger partial charge in [-0.2, -0.15) is 0 Å². The Morgan fingerprint density at radius 1 is 1.03 bits per heavy atom. The highest BCUT2D eigenvalue weighted by atomic mass is 32.2. The van der Waals surface area contributed by atoms with Crippen molar-refractivity contribution in [3.8, 4) is 22.9 Å². The monoisotopic (exact) mass is 435 g/mol. The fourth-order valence-electron chi connectivity index (χ4n) is 3.32. The minimum Gasteiger partial charge on any atom is -0.454 e. The molecule has 0 amide bonds. The second-order valence-corrected chi connectivity index (χ2v) is 7.80. The van der Waals surface area contributed by atoms with Gasteiger partial charge in [0.25, 0.3) is 0 Å². The van der Waals surface area contributed by atoms with E-state index in [9.17, 15) is 4.39 Å². The SMILES string of the molecule is CCc1ncnc(Sc2nnc(-c3ccccc3)n2Cc2ccc3c(c2)OCO3)c1F. The fraction of sp³-hybridized carbons (Fsp3) is 0.182. The van der Waals surface area contributed by atoms with Crippen LogP contribution in [0, 0.1) is 5.82 Å². The Balaban J connectivity index is 1.55. The molecule has 0 bridgehead atoms. The minimum absolute atomic E-state index is 0.217. The van der Waals surface area contributed by atoms with E-state index in [1.165, 1.54) is 6.33 Å². The van der Waals surface area contributed by atoms with Crippen LogP contribution in [0.2, 0.25) is 0 Å². The van der Waals surface area contributed by atoms with Crippen LogP contribution in [0.3, 0.4) is 0 Å². The van der Waals surface area contributed by atoms with Crippen LogP contribution in [-0.4, -0.2) is 31.5 Å². The largest absolute Gasteiger partial charge is 0.454 e. The van der Waals surface area contributed by atoms with Gasteiger partial charge in [0, 0.05) is 5.56 Å².